The molecule has 0 aromatic heterocycles. The highest BCUT2D eigenvalue weighted by molar-refractivity contribution is 5.89. The molecule has 0 spiro atoms. The standard InChI is InChI=1S/C65H92O22/c1-35-52(67)57(77-11)53(68)59(81-35)87-56-38(4)80-51(32-45(56)76-10)86-55-37(3)79-50(31-44(55)75-9)85-54-36(2)78-49(30-43(54)74-8)83-42-24-25-60(6)46-33-47(84-48(66)23-22-40-18-14-12-15-19-40)61(7)63(71,39(5)82-58(69)41-20-16-13-17-21-41)28-29-65(61,73)64(46,72)27-26-62(60,70)34-42/h12-23,26-27,35-39,42-47,49-57,59,67-68,70-73H,24-25,28-34H2,1-11H3/b23-22+/t35-,36-,37-,38-,39+,42+,43+,44+,45-,46-,47-,49+,50+,51+,52-,53-,54-,55-,56-,57+,59+,60-,61-,62-,63-,64+,65-/m1/s1. The van der Waals surface area contributed by atoms with Crippen LogP contribution in [0.2, 0.25) is 0 Å². The van der Waals surface area contributed by atoms with Gasteiger partial charge in [-0.25, -0.2) is 9.59 Å². The van der Waals surface area contributed by atoms with Crippen LogP contribution >= 0.6 is 0 Å². The van der Waals surface area contributed by atoms with Crippen LogP contribution in [0.1, 0.15) is 122 Å². The molecule has 7 fully saturated rings. The summed E-state index contributed by atoms with van der Waals surface area (Å²) in [7, 11) is 6.17. The summed E-state index contributed by atoms with van der Waals surface area (Å²) in [5, 5.41) is 74.2. The zero-order valence-electron chi connectivity index (χ0n) is 51.8. The molecule has 4 saturated heterocycles. The van der Waals surface area contributed by atoms with Crippen LogP contribution in [0.5, 0.6) is 0 Å². The van der Waals surface area contributed by atoms with E-state index >= 15 is 0 Å². The monoisotopic (exact) mass is 1220 g/mol. The number of aliphatic hydroxyl groups excluding tert-OH is 2. The zero-order chi connectivity index (χ0) is 62.6. The first kappa shape index (κ1) is 66.1. The Morgan fingerprint density at radius 2 is 1.16 bits per heavy atom. The first-order valence-electron chi connectivity index (χ1n) is 30.8. The van der Waals surface area contributed by atoms with Crippen molar-refractivity contribution in [3.8, 4) is 0 Å². The number of carbonyl (C=O) groups is 2. The van der Waals surface area contributed by atoms with Crippen molar-refractivity contribution in [1.82, 2.24) is 0 Å². The van der Waals surface area contributed by atoms with Crippen LogP contribution < -0.4 is 0 Å². The van der Waals surface area contributed by atoms with Crippen LogP contribution in [0.15, 0.2) is 78.9 Å². The maximum absolute atomic E-state index is 14.0. The van der Waals surface area contributed by atoms with Crippen molar-refractivity contribution in [2.75, 3.05) is 28.4 Å². The fraction of sp³-hybridized carbons (Fsp3) is 0.723. The van der Waals surface area contributed by atoms with Gasteiger partial charge in [-0.15, -0.1) is 0 Å². The molecule has 3 saturated carbocycles. The molecule has 6 N–H and O–H groups in total. The number of ether oxygens (including phenoxy) is 14. The van der Waals surface area contributed by atoms with Crippen molar-refractivity contribution < 1.29 is 107 Å². The lowest BCUT2D eigenvalue weighted by Crippen LogP contribution is -2.80. The Morgan fingerprint density at radius 1 is 0.621 bits per heavy atom. The number of hydrogen-bond donors (Lipinski definition) is 6. The average Bonchev–Trinajstić information content (AvgIpc) is 1.62. The van der Waals surface area contributed by atoms with E-state index in [2.05, 4.69) is 0 Å². The lowest BCUT2D eigenvalue weighted by atomic mass is 9.41. The molecule has 4 aliphatic heterocycles. The van der Waals surface area contributed by atoms with Gasteiger partial charge in [-0.1, -0.05) is 74.5 Å². The van der Waals surface area contributed by atoms with E-state index in [-0.39, 0.29) is 44.1 Å². The molecule has 22 nitrogen and oxygen atoms in total. The van der Waals surface area contributed by atoms with Gasteiger partial charge >= 0.3 is 11.9 Å². The molecule has 4 heterocycles. The Bertz CT molecular complexity index is 2720. The second-order valence-electron chi connectivity index (χ2n) is 25.9. The van der Waals surface area contributed by atoms with Crippen LogP contribution in [0.4, 0.5) is 0 Å². The predicted molar refractivity (Wildman–Crippen MR) is 309 cm³/mol. The summed E-state index contributed by atoms with van der Waals surface area (Å²) in [4.78, 5) is 27.5. The lowest BCUT2D eigenvalue weighted by molar-refractivity contribution is -0.356. The van der Waals surface area contributed by atoms with Crippen molar-refractivity contribution in [3.63, 3.8) is 0 Å². The van der Waals surface area contributed by atoms with E-state index in [0.29, 0.717) is 19.3 Å². The molecule has 0 unspecified atom stereocenters. The van der Waals surface area contributed by atoms with Crippen molar-refractivity contribution >= 4 is 18.0 Å². The molecule has 4 aliphatic carbocycles. The van der Waals surface area contributed by atoms with Crippen LogP contribution in [0.3, 0.4) is 0 Å². The van der Waals surface area contributed by atoms with Gasteiger partial charge < -0.3 is 97.0 Å². The first-order chi connectivity index (χ1) is 41.3. The van der Waals surface area contributed by atoms with Crippen LogP contribution in [-0.4, -0.2) is 216 Å². The van der Waals surface area contributed by atoms with Crippen molar-refractivity contribution in [2.45, 2.75) is 251 Å². The Hall–Kier alpha value is -3.86. The second kappa shape index (κ2) is 26.0. The fourth-order valence-corrected chi connectivity index (χ4v) is 16.1. The summed E-state index contributed by atoms with van der Waals surface area (Å²) in [6, 6.07) is 17.5. The van der Waals surface area contributed by atoms with Gasteiger partial charge in [-0.05, 0) is 90.5 Å². The van der Waals surface area contributed by atoms with Crippen LogP contribution in [0, 0.1) is 16.7 Å². The molecular formula is C65H92O22. The zero-order valence-corrected chi connectivity index (χ0v) is 51.8. The fourth-order valence-electron chi connectivity index (χ4n) is 16.1. The van der Waals surface area contributed by atoms with Crippen LogP contribution in [0.25, 0.3) is 6.08 Å². The third-order valence-electron chi connectivity index (χ3n) is 21.3. The highest BCUT2D eigenvalue weighted by atomic mass is 16.8. The molecule has 8 aliphatic rings. The van der Waals surface area contributed by atoms with Crippen molar-refractivity contribution in [1.29, 1.82) is 0 Å². The molecule has 27 atom stereocenters. The number of carbonyl (C=O) groups excluding carboxylic acids is 2. The quantitative estimate of drug-likeness (QED) is 0.0662. The minimum absolute atomic E-state index is 0.0771. The van der Waals surface area contributed by atoms with E-state index in [1.807, 2.05) is 58.0 Å². The Kier molecular flexibility index (Phi) is 19.8. The Labute approximate surface area is 509 Å². The van der Waals surface area contributed by atoms with E-state index in [1.165, 1.54) is 19.3 Å². The third kappa shape index (κ3) is 11.9. The molecule has 22 heteroatoms. The van der Waals surface area contributed by atoms with Crippen LogP contribution in [-0.2, 0) is 71.1 Å². The normalized spacial score (nSPS) is 46.7. The Balaban J connectivity index is 0.787. The Morgan fingerprint density at radius 3 is 1.71 bits per heavy atom. The van der Waals surface area contributed by atoms with E-state index in [1.54, 1.807) is 84.6 Å². The molecular weight excluding hydrogens is 1130 g/mol. The number of methoxy groups -OCH3 is 4. The number of fused-ring (bicyclic) bond motifs is 5. The maximum Gasteiger partial charge on any atom is 0.338 e. The van der Waals surface area contributed by atoms with Gasteiger partial charge in [0.25, 0.3) is 0 Å². The second-order valence-corrected chi connectivity index (χ2v) is 25.9. The third-order valence-corrected chi connectivity index (χ3v) is 21.3. The van der Waals surface area contributed by atoms with Gasteiger partial charge in [0.1, 0.15) is 65.6 Å². The van der Waals surface area contributed by atoms with Crippen molar-refractivity contribution in [2.24, 2.45) is 16.7 Å². The molecule has 2 aromatic carbocycles. The topological polar surface area (TPSA) is 285 Å². The predicted octanol–water partition coefficient (Wildman–Crippen LogP) is 4.83. The van der Waals surface area contributed by atoms with E-state index in [0.717, 1.165) is 5.56 Å². The van der Waals surface area contributed by atoms with Crippen molar-refractivity contribution in [3.05, 3.63) is 90.0 Å². The van der Waals surface area contributed by atoms with Gasteiger partial charge in [0.2, 0.25) is 0 Å². The SMILES string of the molecule is CO[C@@H]1[C@@H](O)[C@H](O[C@@H]2[C@@H](C)O[C@@H](O[C@H]3[C@@H](OC)C[C@H](O[C@H]4[C@@H](OC)C[C@H](O[C@H]5CC[C@]6(C)[C@H]7C[C@@H](OC(=O)/C=C/c8ccccc8)[C@@]8(C)[C@](O)(CC[C@@]8(O)[C@H](C)OC(=O)c8ccccc8)[C@]7(O)C=C[C@@]6(O)C5)O[C@@H]4C)O[C@@H]3C)C[C@H]2OC)O[C@H](C)[C@H]1O. The average molecular weight is 1230 g/mol. The van der Waals surface area contributed by atoms with E-state index < -0.39 is 174 Å². The number of aliphatic hydroxyl groups is 6. The summed E-state index contributed by atoms with van der Waals surface area (Å²) in [6.07, 6.45) is -8.01. The van der Waals surface area contributed by atoms with E-state index in [9.17, 15) is 40.2 Å². The van der Waals surface area contributed by atoms with Gasteiger partial charge in [0.05, 0.1) is 65.4 Å². The molecule has 0 amide bonds. The molecule has 10 rings (SSSR count). The van der Waals surface area contributed by atoms with Gasteiger partial charge in [-0.3, -0.25) is 0 Å². The minimum atomic E-state index is -2.17. The minimum Gasteiger partial charge on any atom is -0.458 e. The molecule has 484 valence electrons. The molecule has 0 radical (unpaired) electrons. The smallest absolute Gasteiger partial charge is 0.338 e. The number of esters is 2. The summed E-state index contributed by atoms with van der Waals surface area (Å²) < 4.78 is 87.2. The number of hydrogen-bond acceptors (Lipinski definition) is 22. The summed E-state index contributed by atoms with van der Waals surface area (Å²) in [6.45, 7) is 12.3. The molecule has 2 aromatic rings. The summed E-state index contributed by atoms with van der Waals surface area (Å²) in [5.41, 5.74) is -9.83. The highest BCUT2D eigenvalue weighted by Gasteiger charge is 2.82. The van der Waals surface area contributed by atoms with Gasteiger partial charge in [-0.2, -0.15) is 0 Å². The van der Waals surface area contributed by atoms with E-state index in [4.69, 9.17) is 66.3 Å². The van der Waals surface area contributed by atoms with Gasteiger partial charge in [0, 0.05) is 71.5 Å². The molecule has 87 heavy (non-hydrogen) atoms. The maximum atomic E-state index is 14.0. The summed E-state index contributed by atoms with van der Waals surface area (Å²) >= 11 is 0. The molecule has 0 bridgehead atoms. The number of rotatable bonds is 18. The summed E-state index contributed by atoms with van der Waals surface area (Å²) in [5.74, 6) is -2.36. The highest BCUT2D eigenvalue weighted by Crippen LogP contribution is 2.72. The number of benzene rings is 2. The first-order valence-corrected chi connectivity index (χ1v) is 30.8. The largest absolute Gasteiger partial charge is 0.458 e. The lowest BCUT2D eigenvalue weighted by Gasteiger charge is -2.68. The van der Waals surface area contributed by atoms with Gasteiger partial charge in [0.15, 0.2) is 25.2 Å².